The molecule has 0 unspecified atom stereocenters. The van der Waals surface area contributed by atoms with Crippen molar-refractivity contribution in [3.05, 3.63) is 30.3 Å². The lowest BCUT2D eigenvalue weighted by Crippen LogP contribution is -1.98. The molecule has 1 aromatic carbocycles. The summed E-state index contributed by atoms with van der Waals surface area (Å²) in [6, 6.07) is 8.74. The van der Waals surface area contributed by atoms with Crippen LogP contribution in [0.3, 0.4) is 0 Å². The van der Waals surface area contributed by atoms with Crippen molar-refractivity contribution < 1.29 is 9.68 Å². The Kier molecular flexibility index (Phi) is 1.71. The van der Waals surface area contributed by atoms with Gasteiger partial charge in [-0.25, -0.2) is 0 Å². The summed E-state index contributed by atoms with van der Waals surface area (Å²) >= 11 is 0. The number of benzene rings is 1. The lowest BCUT2D eigenvalue weighted by Gasteiger charge is -1.97. The first-order chi connectivity index (χ1) is 4.79. The van der Waals surface area contributed by atoms with E-state index in [4.69, 9.17) is 6.36 Å². The first-order valence-electron chi connectivity index (χ1n) is 3.19. The highest BCUT2D eigenvalue weighted by Gasteiger charge is 1.87. The summed E-state index contributed by atoms with van der Waals surface area (Å²) < 4.78 is 11.3. The van der Waals surface area contributed by atoms with Crippen molar-refractivity contribution in [2.24, 2.45) is 0 Å². The van der Waals surface area contributed by atoms with E-state index in [1.165, 1.54) is 0 Å². The van der Waals surface area contributed by atoms with E-state index < -0.39 is 7.65 Å². The minimum absolute atomic E-state index is 0.505. The molecule has 2 nitrogen and oxygen atoms in total. The van der Waals surface area contributed by atoms with E-state index in [0.29, 0.717) is 5.75 Å². The molecule has 1 aromatic rings. The Morgan fingerprint density at radius 2 is 2.11 bits per heavy atom. The quantitative estimate of drug-likeness (QED) is 0.574. The van der Waals surface area contributed by atoms with Gasteiger partial charge in [-0.1, -0.05) is 18.2 Å². The van der Waals surface area contributed by atoms with E-state index in [-0.39, 0.29) is 0 Å². The SMILES string of the molecule is [2H]B(O)Oc1ccccc1. The van der Waals surface area contributed by atoms with Crippen LogP contribution in [0.4, 0.5) is 0 Å². The van der Waals surface area contributed by atoms with Gasteiger partial charge in [-0.3, -0.25) is 0 Å². The van der Waals surface area contributed by atoms with Gasteiger partial charge in [-0.15, -0.1) is 0 Å². The van der Waals surface area contributed by atoms with E-state index in [2.05, 4.69) is 4.65 Å². The summed E-state index contributed by atoms with van der Waals surface area (Å²) in [7, 11) is -1.48. The van der Waals surface area contributed by atoms with E-state index in [9.17, 15) is 0 Å². The molecular weight excluding hydrogens is 115 g/mol. The maximum atomic E-state index is 8.45. The van der Waals surface area contributed by atoms with Crippen molar-refractivity contribution in [2.45, 2.75) is 0 Å². The highest BCUT2D eigenvalue weighted by molar-refractivity contribution is 6.17. The summed E-state index contributed by atoms with van der Waals surface area (Å²) in [4.78, 5) is 0. The molecule has 3 heteroatoms. The van der Waals surface area contributed by atoms with Gasteiger partial charge in [-0.2, -0.15) is 0 Å². The van der Waals surface area contributed by atoms with Crippen LogP contribution in [0, 0.1) is 0 Å². The van der Waals surface area contributed by atoms with Crippen LogP contribution < -0.4 is 4.65 Å². The molecule has 9 heavy (non-hydrogen) atoms. The van der Waals surface area contributed by atoms with Crippen molar-refractivity contribution in [1.82, 2.24) is 0 Å². The zero-order valence-electron chi connectivity index (χ0n) is 5.82. The molecule has 0 aliphatic heterocycles. The third kappa shape index (κ3) is 1.78. The molecule has 0 heterocycles. The molecule has 0 fully saturated rings. The molecule has 0 saturated carbocycles. The van der Waals surface area contributed by atoms with Crippen molar-refractivity contribution in [1.29, 1.82) is 1.34 Å². The molecule has 0 atom stereocenters. The second kappa shape index (κ2) is 3.15. The van der Waals surface area contributed by atoms with Gasteiger partial charge in [0.2, 0.25) is 0 Å². The number of hydrogen-bond acceptors (Lipinski definition) is 2. The molecule has 0 amide bonds. The number of para-hydroxylation sites is 1. The maximum absolute atomic E-state index is 8.45. The average molecular weight is 123 g/mol. The first-order valence-corrected chi connectivity index (χ1v) is 2.61. The lowest BCUT2D eigenvalue weighted by atomic mass is 10.3. The van der Waals surface area contributed by atoms with E-state index in [1.807, 2.05) is 6.07 Å². The van der Waals surface area contributed by atoms with Gasteiger partial charge in [0.25, 0.3) is 0 Å². The summed E-state index contributed by atoms with van der Waals surface area (Å²) in [6.45, 7) is 0. The largest absolute Gasteiger partial charge is 0.539 e. The van der Waals surface area contributed by atoms with Crippen LogP contribution in [0.15, 0.2) is 30.3 Å². The van der Waals surface area contributed by atoms with Crippen LogP contribution in [0.1, 0.15) is 0 Å². The van der Waals surface area contributed by atoms with Crippen molar-refractivity contribution in [2.75, 3.05) is 0 Å². The van der Waals surface area contributed by atoms with Crippen LogP contribution >= 0.6 is 0 Å². The van der Waals surface area contributed by atoms with Crippen molar-refractivity contribution >= 4 is 7.65 Å². The number of hydrogen-bond donors (Lipinski definition) is 1. The average Bonchev–Trinajstić information content (AvgIpc) is 1.88. The summed E-state index contributed by atoms with van der Waals surface area (Å²) in [5, 5.41) is 8.45. The molecule has 0 aliphatic carbocycles. The molecule has 1 rings (SSSR count). The second-order valence-electron chi connectivity index (χ2n) is 1.54. The Morgan fingerprint density at radius 1 is 1.44 bits per heavy atom. The highest BCUT2D eigenvalue weighted by atomic mass is 16.5. The topological polar surface area (TPSA) is 29.5 Å². The van der Waals surface area contributed by atoms with Gasteiger partial charge in [0.1, 0.15) is 5.75 Å². The lowest BCUT2D eigenvalue weighted by molar-refractivity contribution is 0.454. The van der Waals surface area contributed by atoms with Gasteiger partial charge in [0, 0.05) is 0 Å². The Morgan fingerprint density at radius 3 is 2.67 bits per heavy atom. The standard InChI is InChI=1S/C6H7BO2/c8-7-9-6-4-2-1-3-5-6/h1-5,7-8H/i7D. The molecule has 1 N–H and O–H groups in total. The minimum atomic E-state index is -1.48. The number of rotatable bonds is 2. The molecule has 0 bridgehead atoms. The molecule has 0 radical (unpaired) electrons. The molecular formula is C6H7BO2. The van der Waals surface area contributed by atoms with Crippen LogP contribution in [-0.4, -0.2) is 14.0 Å². The Bertz CT molecular complexity index is 190. The van der Waals surface area contributed by atoms with E-state index >= 15 is 0 Å². The van der Waals surface area contributed by atoms with Crippen molar-refractivity contribution in [3.8, 4) is 5.75 Å². The monoisotopic (exact) mass is 123 g/mol. The Balaban J connectivity index is 2.59. The first kappa shape index (κ1) is 4.88. The smallest absolute Gasteiger partial charge is 0.504 e. The Labute approximate surface area is 55.8 Å². The fourth-order valence-electron chi connectivity index (χ4n) is 0.560. The van der Waals surface area contributed by atoms with Crippen LogP contribution in [-0.2, 0) is 0 Å². The maximum Gasteiger partial charge on any atom is 0.504 e. The van der Waals surface area contributed by atoms with Gasteiger partial charge < -0.3 is 9.68 Å². The molecule has 0 aliphatic rings. The summed E-state index contributed by atoms with van der Waals surface area (Å²) in [5.41, 5.74) is 0. The van der Waals surface area contributed by atoms with Crippen molar-refractivity contribution in [3.63, 3.8) is 0 Å². The molecule has 0 saturated heterocycles. The zero-order valence-corrected chi connectivity index (χ0v) is 4.82. The third-order valence-electron chi connectivity index (χ3n) is 0.932. The van der Waals surface area contributed by atoms with Gasteiger partial charge in [0.15, 0.2) is 0 Å². The van der Waals surface area contributed by atoms with Gasteiger partial charge in [-0.05, 0) is 12.1 Å². The predicted molar refractivity (Wildman–Crippen MR) is 36.4 cm³/mol. The van der Waals surface area contributed by atoms with Gasteiger partial charge in [0.05, 0.1) is 1.34 Å². The summed E-state index contributed by atoms with van der Waals surface area (Å²) in [5.74, 6) is 0.505. The highest BCUT2D eigenvalue weighted by Crippen LogP contribution is 2.06. The fraction of sp³-hybridized carbons (Fsp3) is 0. The van der Waals surface area contributed by atoms with Crippen LogP contribution in [0.2, 0.25) is 0 Å². The van der Waals surface area contributed by atoms with E-state index in [0.717, 1.165) is 0 Å². The normalized spacial score (nSPS) is 10.1. The fourth-order valence-corrected chi connectivity index (χ4v) is 0.560. The van der Waals surface area contributed by atoms with Crippen LogP contribution in [0.25, 0.3) is 0 Å². The molecule has 46 valence electrons. The van der Waals surface area contributed by atoms with E-state index in [1.54, 1.807) is 24.3 Å². The minimum Gasteiger partial charge on any atom is -0.539 e. The Hall–Kier alpha value is -0.955. The summed E-state index contributed by atoms with van der Waals surface area (Å²) in [6.07, 6.45) is 0. The van der Waals surface area contributed by atoms with Gasteiger partial charge >= 0.3 is 7.65 Å². The molecule has 0 spiro atoms. The predicted octanol–water partition coefficient (Wildman–Crippen LogP) is 0.324. The third-order valence-corrected chi connectivity index (χ3v) is 0.932. The second-order valence-corrected chi connectivity index (χ2v) is 1.54. The molecule has 0 aromatic heterocycles. The zero-order chi connectivity index (χ0) is 7.40. The van der Waals surface area contributed by atoms with Crippen LogP contribution in [0.5, 0.6) is 5.75 Å².